The molecule has 0 aliphatic rings. The average molecular weight is 252 g/mol. The van der Waals surface area contributed by atoms with E-state index in [-0.39, 0.29) is 5.57 Å². The third-order valence-electron chi connectivity index (χ3n) is 1.33. The molecule has 0 rings (SSSR count). The lowest BCUT2D eigenvalue weighted by Crippen LogP contribution is -1.98. The predicted octanol–water partition coefficient (Wildman–Crippen LogP) is 3.57. The number of alkyl halides is 2. The smallest absolute Gasteiger partial charge is 0.265 e. The molecule has 0 amide bonds. The Morgan fingerprint density at radius 1 is 1.46 bits per heavy atom. The molecule has 0 saturated carbocycles. The lowest BCUT2D eigenvalue weighted by atomic mass is 10.2. The van der Waals surface area contributed by atoms with Crippen molar-refractivity contribution in [2.24, 2.45) is 4.99 Å². The Balaban J connectivity index is 4.04. The largest absolute Gasteiger partial charge is 0.296 e. The Morgan fingerprint density at radius 3 is 2.62 bits per heavy atom. The second-order valence-electron chi connectivity index (χ2n) is 2.33. The standard InChI is InChI=1S/C9H12BrF2N/c1-13-7-8(9(11)12)5-3-2-4-6-10/h4-7,9H,2-3H2,1H3/b6-4+,8-5?,13-7?. The first kappa shape index (κ1) is 12.5. The summed E-state index contributed by atoms with van der Waals surface area (Å²) in [5, 5.41) is 0. The van der Waals surface area contributed by atoms with Gasteiger partial charge in [0.1, 0.15) is 0 Å². The highest BCUT2D eigenvalue weighted by atomic mass is 79.9. The Morgan fingerprint density at radius 2 is 2.15 bits per heavy atom. The van der Waals surface area contributed by atoms with Crippen molar-refractivity contribution in [3.63, 3.8) is 0 Å². The van der Waals surface area contributed by atoms with Crippen LogP contribution in [0.5, 0.6) is 0 Å². The topological polar surface area (TPSA) is 12.4 Å². The number of hydrogen-bond acceptors (Lipinski definition) is 1. The maximum Gasteiger partial charge on any atom is 0.265 e. The van der Waals surface area contributed by atoms with E-state index in [2.05, 4.69) is 20.9 Å². The molecule has 0 bridgehead atoms. The lowest BCUT2D eigenvalue weighted by Gasteiger charge is -1.97. The summed E-state index contributed by atoms with van der Waals surface area (Å²) in [5.74, 6) is 0. The maximum atomic E-state index is 12.2. The van der Waals surface area contributed by atoms with E-state index in [1.54, 1.807) is 4.99 Å². The van der Waals surface area contributed by atoms with Crippen LogP contribution in [0.25, 0.3) is 0 Å². The van der Waals surface area contributed by atoms with E-state index in [4.69, 9.17) is 0 Å². The van der Waals surface area contributed by atoms with Crippen molar-refractivity contribution in [2.45, 2.75) is 19.3 Å². The monoisotopic (exact) mass is 251 g/mol. The summed E-state index contributed by atoms with van der Waals surface area (Å²) in [6.07, 6.45) is 3.49. The molecule has 0 aromatic heterocycles. The minimum Gasteiger partial charge on any atom is -0.296 e. The molecule has 0 aliphatic heterocycles. The van der Waals surface area contributed by atoms with Crippen molar-refractivity contribution in [3.8, 4) is 0 Å². The SMILES string of the molecule is CN=CC(=CCC/C=C/Br)C(F)F. The van der Waals surface area contributed by atoms with Crippen molar-refractivity contribution in [2.75, 3.05) is 7.05 Å². The maximum absolute atomic E-state index is 12.2. The quantitative estimate of drug-likeness (QED) is 0.524. The third-order valence-corrected chi connectivity index (χ3v) is 1.71. The van der Waals surface area contributed by atoms with Crippen molar-refractivity contribution >= 4 is 22.1 Å². The predicted molar refractivity (Wildman–Crippen MR) is 55.8 cm³/mol. The van der Waals surface area contributed by atoms with Gasteiger partial charge in [-0.3, -0.25) is 4.99 Å². The van der Waals surface area contributed by atoms with Gasteiger partial charge >= 0.3 is 0 Å². The van der Waals surface area contributed by atoms with Crippen molar-refractivity contribution in [1.82, 2.24) is 0 Å². The highest BCUT2D eigenvalue weighted by Crippen LogP contribution is 2.08. The molecule has 0 aliphatic carbocycles. The first-order valence-corrected chi connectivity index (χ1v) is 4.79. The molecule has 0 radical (unpaired) electrons. The second-order valence-corrected chi connectivity index (χ2v) is 2.86. The van der Waals surface area contributed by atoms with Gasteiger partial charge in [-0.1, -0.05) is 28.1 Å². The van der Waals surface area contributed by atoms with Crippen LogP contribution in [0.3, 0.4) is 0 Å². The van der Waals surface area contributed by atoms with Gasteiger partial charge in [0.05, 0.1) is 0 Å². The zero-order valence-corrected chi connectivity index (χ0v) is 8.97. The summed E-state index contributed by atoms with van der Waals surface area (Å²) >= 11 is 3.10. The van der Waals surface area contributed by atoms with Gasteiger partial charge in [0, 0.05) is 18.8 Å². The van der Waals surface area contributed by atoms with Crippen LogP contribution in [-0.2, 0) is 0 Å². The number of hydrogen-bond donors (Lipinski definition) is 0. The summed E-state index contributed by atoms with van der Waals surface area (Å²) < 4.78 is 24.4. The molecule has 13 heavy (non-hydrogen) atoms. The third kappa shape index (κ3) is 6.63. The Bertz CT molecular complexity index is 210. The first-order chi connectivity index (χ1) is 6.22. The molecule has 0 N–H and O–H groups in total. The average Bonchev–Trinajstić information content (AvgIpc) is 2.10. The number of unbranched alkanes of at least 4 members (excludes halogenated alkanes) is 1. The first-order valence-electron chi connectivity index (χ1n) is 3.88. The molecule has 0 heterocycles. The Labute approximate surface area is 85.4 Å². The van der Waals surface area contributed by atoms with E-state index in [0.29, 0.717) is 6.42 Å². The molecule has 0 unspecified atom stereocenters. The second kappa shape index (κ2) is 8.10. The van der Waals surface area contributed by atoms with Crippen molar-refractivity contribution in [1.29, 1.82) is 0 Å². The minimum atomic E-state index is -2.43. The van der Waals surface area contributed by atoms with E-state index in [0.717, 1.165) is 6.42 Å². The fraction of sp³-hybridized carbons (Fsp3) is 0.444. The van der Waals surface area contributed by atoms with Crippen molar-refractivity contribution in [3.05, 3.63) is 22.7 Å². The van der Waals surface area contributed by atoms with Gasteiger partial charge in [0.15, 0.2) is 0 Å². The van der Waals surface area contributed by atoms with Gasteiger partial charge in [-0.25, -0.2) is 8.78 Å². The zero-order chi connectivity index (χ0) is 10.1. The number of nitrogens with zero attached hydrogens (tertiary/aromatic N) is 1. The molecule has 0 fully saturated rings. The molecule has 4 heteroatoms. The Kier molecular flexibility index (Phi) is 7.79. The number of allylic oxidation sites excluding steroid dienone is 3. The van der Waals surface area contributed by atoms with Crippen LogP contribution in [0.15, 0.2) is 27.7 Å². The number of halogens is 3. The van der Waals surface area contributed by atoms with Crippen molar-refractivity contribution < 1.29 is 8.78 Å². The van der Waals surface area contributed by atoms with Gasteiger partial charge in [-0.2, -0.15) is 0 Å². The molecule has 0 atom stereocenters. The fourth-order valence-electron chi connectivity index (χ4n) is 0.756. The van der Waals surface area contributed by atoms with E-state index in [1.807, 2.05) is 6.08 Å². The highest BCUT2D eigenvalue weighted by molar-refractivity contribution is 9.11. The molecule has 0 spiro atoms. The van der Waals surface area contributed by atoms with E-state index < -0.39 is 6.43 Å². The molecule has 1 nitrogen and oxygen atoms in total. The van der Waals surface area contributed by atoms with E-state index >= 15 is 0 Å². The Hall–Kier alpha value is -0.510. The van der Waals surface area contributed by atoms with Gasteiger partial charge in [-0.15, -0.1) is 0 Å². The van der Waals surface area contributed by atoms with Crippen LogP contribution in [-0.4, -0.2) is 19.7 Å². The summed E-state index contributed by atoms with van der Waals surface area (Å²) in [6.45, 7) is 0. The molecule has 0 aromatic carbocycles. The van der Waals surface area contributed by atoms with E-state index in [9.17, 15) is 8.78 Å². The minimum absolute atomic E-state index is 0.00882. The molecule has 74 valence electrons. The van der Waals surface area contributed by atoms with Gasteiger partial charge < -0.3 is 0 Å². The molecule has 0 saturated heterocycles. The van der Waals surface area contributed by atoms with E-state index in [1.165, 1.54) is 19.3 Å². The lowest BCUT2D eigenvalue weighted by molar-refractivity contribution is 0.197. The van der Waals surface area contributed by atoms with Crippen LogP contribution in [0.4, 0.5) is 8.78 Å². The molecular formula is C9H12BrF2N. The highest BCUT2D eigenvalue weighted by Gasteiger charge is 2.06. The summed E-state index contributed by atoms with van der Waals surface area (Å²) in [4.78, 5) is 5.27. The van der Waals surface area contributed by atoms with Crippen LogP contribution in [0.2, 0.25) is 0 Å². The van der Waals surface area contributed by atoms with Gasteiger partial charge in [0.25, 0.3) is 6.43 Å². The summed E-state index contributed by atoms with van der Waals surface area (Å²) in [7, 11) is 1.48. The van der Waals surface area contributed by atoms with Crippen LogP contribution in [0, 0.1) is 0 Å². The van der Waals surface area contributed by atoms with Gasteiger partial charge in [0.2, 0.25) is 0 Å². The fourth-order valence-corrected chi connectivity index (χ4v) is 1.02. The summed E-state index contributed by atoms with van der Waals surface area (Å²) in [6, 6.07) is 0. The number of rotatable bonds is 5. The molecule has 0 aromatic rings. The van der Waals surface area contributed by atoms with Crippen LogP contribution >= 0.6 is 15.9 Å². The van der Waals surface area contributed by atoms with Gasteiger partial charge in [-0.05, 0) is 17.8 Å². The van der Waals surface area contributed by atoms with Crippen LogP contribution < -0.4 is 0 Å². The number of aliphatic imine (C=N–C) groups is 1. The van der Waals surface area contributed by atoms with Crippen LogP contribution in [0.1, 0.15) is 12.8 Å². The zero-order valence-electron chi connectivity index (χ0n) is 7.38. The summed E-state index contributed by atoms with van der Waals surface area (Å²) in [5.41, 5.74) is -0.00882. The molecular weight excluding hydrogens is 240 g/mol. The normalized spacial score (nSPS) is 13.8.